The Labute approximate surface area is 133 Å². The molecule has 2 aromatic rings. The zero-order valence-corrected chi connectivity index (χ0v) is 12.7. The van der Waals surface area contributed by atoms with Gasteiger partial charge in [0.1, 0.15) is 5.69 Å². The van der Waals surface area contributed by atoms with Crippen molar-refractivity contribution in [1.29, 1.82) is 0 Å². The van der Waals surface area contributed by atoms with Crippen molar-refractivity contribution in [3.63, 3.8) is 0 Å². The second-order valence-electron chi connectivity index (χ2n) is 5.73. The van der Waals surface area contributed by atoms with Gasteiger partial charge in [0.15, 0.2) is 0 Å². The number of hydrogen-bond acceptors (Lipinski definition) is 4. The van der Waals surface area contributed by atoms with Crippen LogP contribution in [0.15, 0.2) is 42.5 Å². The van der Waals surface area contributed by atoms with Crippen molar-refractivity contribution in [3.8, 4) is 0 Å². The van der Waals surface area contributed by atoms with Crippen molar-refractivity contribution in [2.75, 3.05) is 12.4 Å². The highest BCUT2D eigenvalue weighted by atomic mass is 16.6. The van der Waals surface area contributed by atoms with Gasteiger partial charge in [-0.3, -0.25) is 14.9 Å². The molecule has 0 spiro atoms. The second kappa shape index (κ2) is 5.39. The van der Waals surface area contributed by atoms with Crippen LogP contribution in [0.25, 0.3) is 0 Å². The molecule has 0 unspecified atom stereocenters. The van der Waals surface area contributed by atoms with Crippen LogP contribution in [0.1, 0.15) is 34.3 Å². The first-order valence-corrected chi connectivity index (χ1v) is 7.35. The number of nitrogens with one attached hydrogen (secondary N) is 1. The van der Waals surface area contributed by atoms with E-state index in [2.05, 4.69) is 5.32 Å². The molecule has 23 heavy (non-hydrogen) atoms. The quantitative estimate of drug-likeness (QED) is 0.655. The first-order valence-electron chi connectivity index (χ1n) is 7.35. The van der Waals surface area contributed by atoms with Gasteiger partial charge in [-0.05, 0) is 36.1 Å². The molecule has 0 saturated heterocycles. The highest BCUT2D eigenvalue weighted by molar-refractivity contribution is 5.95. The molecule has 6 nitrogen and oxygen atoms in total. The molecule has 3 N–H and O–H groups in total. The summed E-state index contributed by atoms with van der Waals surface area (Å²) >= 11 is 0. The van der Waals surface area contributed by atoms with Gasteiger partial charge in [-0.2, -0.15) is 0 Å². The van der Waals surface area contributed by atoms with Gasteiger partial charge in [-0.25, -0.2) is 0 Å². The molecule has 1 fully saturated rings. The average Bonchev–Trinajstić information content (AvgIpc) is 3.36. The van der Waals surface area contributed by atoms with E-state index in [1.54, 1.807) is 31.3 Å². The zero-order valence-electron chi connectivity index (χ0n) is 12.7. The van der Waals surface area contributed by atoms with Gasteiger partial charge in [0.05, 0.1) is 4.92 Å². The Bertz CT molecular complexity index is 797. The molecule has 0 atom stereocenters. The number of anilines is 1. The fourth-order valence-electron chi connectivity index (χ4n) is 3.15. The molecule has 6 heteroatoms. The topological polar surface area (TPSA) is 98.3 Å². The number of nitrogens with two attached hydrogens (primary N) is 1. The van der Waals surface area contributed by atoms with Gasteiger partial charge >= 0.3 is 0 Å². The molecule has 2 aromatic carbocycles. The summed E-state index contributed by atoms with van der Waals surface area (Å²) in [6.07, 6.45) is 1.68. The summed E-state index contributed by atoms with van der Waals surface area (Å²) in [5, 5.41) is 14.1. The van der Waals surface area contributed by atoms with Crippen LogP contribution in [0.4, 0.5) is 11.4 Å². The molecule has 0 radical (unpaired) electrons. The normalized spacial score (nSPS) is 15.0. The number of rotatable bonds is 5. The first kappa shape index (κ1) is 15.0. The summed E-state index contributed by atoms with van der Waals surface area (Å²) in [7, 11) is 1.65. The van der Waals surface area contributed by atoms with Crippen molar-refractivity contribution >= 4 is 17.3 Å². The van der Waals surface area contributed by atoms with Crippen molar-refractivity contribution in [2.24, 2.45) is 5.73 Å². The molecule has 0 aliphatic heterocycles. The number of nitro groups is 1. The Morgan fingerprint density at radius 1 is 1.26 bits per heavy atom. The Kier molecular flexibility index (Phi) is 3.52. The van der Waals surface area contributed by atoms with Gasteiger partial charge in [-0.1, -0.05) is 24.3 Å². The lowest BCUT2D eigenvalue weighted by atomic mass is 9.84. The van der Waals surface area contributed by atoms with E-state index in [1.807, 2.05) is 18.2 Å². The van der Waals surface area contributed by atoms with Gasteiger partial charge < -0.3 is 11.1 Å². The van der Waals surface area contributed by atoms with E-state index in [1.165, 1.54) is 0 Å². The van der Waals surface area contributed by atoms with Crippen molar-refractivity contribution in [1.82, 2.24) is 0 Å². The molecule has 3 rings (SSSR count). The van der Waals surface area contributed by atoms with Crippen LogP contribution in [-0.2, 0) is 5.41 Å². The monoisotopic (exact) mass is 311 g/mol. The number of benzene rings is 2. The van der Waals surface area contributed by atoms with Crippen LogP contribution in [0, 0.1) is 10.1 Å². The summed E-state index contributed by atoms with van der Waals surface area (Å²) in [6.45, 7) is 0. The number of hydrogen-bond donors (Lipinski definition) is 2. The highest BCUT2D eigenvalue weighted by Crippen LogP contribution is 2.55. The molecule has 0 aromatic heterocycles. The third kappa shape index (κ3) is 2.42. The Morgan fingerprint density at radius 3 is 2.52 bits per heavy atom. The van der Waals surface area contributed by atoms with Gasteiger partial charge in [0.2, 0.25) is 5.91 Å². The van der Waals surface area contributed by atoms with E-state index < -0.39 is 10.8 Å². The van der Waals surface area contributed by atoms with Gasteiger partial charge in [0.25, 0.3) is 5.69 Å². The summed E-state index contributed by atoms with van der Waals surface area (Å²) in [6, 6.07) is 12.4. The molecule has 118 valence electrons. The van der Waals surface area contributed by atoms with Crippen LogP contribution in [0.5, 0.6) is 0 Å². The Morgan fingerprint density at radius 2 is 1.96 bits per heavy atom. The third-order valence-electron chi connectivity index (χ3n) is 4.47. The molecule has 0 bridgehead atoms. The minimum absolute atomic E-state index is 0.0350. The van der Waals surface area contributed by atoms with Crippen molar-refractivity contribution in [2.45, 2.75) is 18.3 Å². The van der Waals surface area contributed by atoms with E-state index in [0.717, 1.165) is 24.0 Å². The molecular weight excluding hydrogens is 294 g/mol. The number of carbonyl (C=O) groups is 1. The number of amides is 1. The average molecular weight is 311 g/mol. The van der Waals surface area contributed by atoms with Crippen LogP contribution < -0.4 is 11.1 Å². The largest absolute Gasteiger partial charge is 0.383 e. The standard InChI is InChI=1S/C17H17N3O3/c1-19-14-7-6-11(10-15(14)20(22)23)17(8-9-17)13-5-3-2-4-12(13)16(18)21/h2-7,10,19H,8-9H2,1H3,(H2,18,21). The maximum Gasteiger partial charge on any atom is 0.292 e. The number of nitrogens with zero attached hydrogens (tertiary/aromatic N) is 1. The molecule has 0 heterocycles. The minimum Gasteiger partial charge on any atom is -0.383 e. The molecule has 1 aliphatic carbocycles. The lowest BCUT2D eigenvalue weighted by Gasteiger charge is -2.19. The Hall–Kier alpha value is -2.89. The summed E-state index contributed by atoms with van der Waals surface area (Å²) in [5.74, 6) is -0.479. The van der Waals surface area contributed by atoms with Gasteiger partial charge in [0, 0.05) is 24.1 Å². The number of nitro benzene ring substituents is 1. The maximum atomic E-state index is 11.7. The lowest BCUT2D eigenvalue weighted by molar-refractivity contribution is -0.384. The molecule has 1 aliphatic rings. The van der Waals surface area contributed by atoms with Crippen molar-refractivity contribution < 1.29 is 9.72 Å². The fourth-order valence-corrected chi connectivity index (χ4v) is 3.15. The van der Waals surface area contributed by atoms with E-state index in [4.69, 9.17) is 5.73 Å². The maximum absolute atomic E-state index is 11.7. The third-order valence-corrected chi connectivity index (χ3v) is 4.47. The highest BCUT2D eigenvalue weighted by Gasteiger charge is 2.48. The van der Waals surface area contributed by atoms with Crippen molar-refractivity contribution in [3.05, 3.63) is 69.3 Å². The summed E-state index contributed by atoms with van der Waals surface area (Å²) in [4.78, 5) is 22.6. The summed E-state index contributed by atoms with van der Waals surface area (Å²) in [5.41, 5.74) is 7.80. The first-order chi connectivity index (χ1) is 11.0. The second-order valence-corrected chi connectivity index (χ2v) is 5.73. The van der Waals surface area contributed by atoms with Crippen LogP contribution in [0.2, 0.25) is 0 Å². The van der Waals surface area contributed by atoms with E-state index >= 15 is 0 Å². The van der Waals surface area contributed by atoms with E-state index in [9.17, 15) is 14.9 Å². The SMILES string of the molecule is CNc1ccc(C2(c3ccccc3C(N)=O)CC2)cc1[N+](=O)[O-]. The number of primary amides is 1. The van der Waals surface area contributed by atoms with Crippen LogP contribution in [0.3, 0.4) is 0 Å². The summed E-state index contributed by atoms with van der Waals surface area (Å²) < 4.78 is 0. The van der Waals surface area contributed by atoms with E-state index in [-0.39, 0.29) is 11.1 Å². The minimum atomic E-state index is -0.479. The Balaban J connectivity index is 2.14. The predicted octanol–water partition coefficient (Wildman–Crippen LogP) is 2.82. The molecule has 1 amide bonds. The van der Waals surface area contributed by atoms with Gasteiger partial charge in [-0.15, -0.1) is 0 Å². The number of carbonyl (C=O) groups excluding carboxylic acids is 1. The zero-order chi connectivity index (χ0) is 16.6. The smallest absolute Gasteiger partial charge is 0.292 e. The van der Waals surface area contributed by atoms with Crippen LogP contribution >= 0.6 is 0 Å². The molecular formula is C17H17N3O3. The van der Waals surface area contributed by atoms with Crippen LogP contribution in [-0.4, -0.2) is 17.9 Å². The van der Waals surface area contributed by atoms with E-state index in [0.29, 0.717) is 11.3 Å². The lowest BCUT2D eigenvalue weighted by Crippen LogP contribution is -2.19. The molecule has 1 saturated carbocycles. The fraction of sp³-hybridized carbons (Fsp3) is 0.235. The predicted molar refractivity (Wildman–Crippen MR) is 87.6 cm³/mol.